The number of halogens is 1. The lowest BCUT2D eigenvalue weighted by molar-refractivity contribution is -0.157. The SMILES string of the molecule is C[C@H](Br)C(=N)OO. The summed E-state index contributed by atoms with van der Waals surface area (Å²) in [6.45, 7) is 1.68. The molecule has 0 saturated heterocycles. The van der Waals surface area contributed by atoms with E-state index in [1.165, 1.54) is 0 Å². The molecule has 0 rings (SSSR count). The maximum atomic E-state index is 7.75. The van der Waals surface area contributed by atoms with Crippen LogP contribution in [-0.4, -0.2) is 16.0 Å². The molecule has 0 aromatic rings. The van der Waals surface area contributed by atoms with Crippen molar-refractivity contribution in [3.63, 3.8) is 0 Å². The summed E-state index contributed by atoms with van der Waals surface area (Å²) < 4.78 is 0. The van der Waals surface area contributed by atoms with E-state index in [0.29, 0.717) is 0 Å². The largest absolute Gasteiger partial charge is 0.324 e. The van der Waals surface area contributed by atoms with Gasteiger partial charge >= 0.3 is 0 Å². The van der Waals surface area contributed by atoms with Crippen molar-refractivity contribution in [3.8, 4) is 0 Å². The summed E-state index contributed by atoms with van der Waals surface area (Å²) >= 11 is 2.99. The van der Waals surface area contributed by atoms with Gasteiger partial charge in [0.1, 0.15) is 0 Å². The van der Waals surface area contributed by atoms with Crippen molar-refractivity contribution in [2.24, 2.45) is 0 Å². The van der Waals surface area contributed by atoms with Crippen molar-refractivity contribution in [1.82, 2.24) is 0 Å². The quantitative estimate of drug-likeness (QED) is 0.203. The number of nitrogens with one attached hydrogen (secondary N) is 1. The molecule has 0 aliphatic carbocycles. The zero-order valence-corrected chi connectivity index (χ0v) is 5.40. The van der Waals surface area contributed by atoms with Crippen molar-refractivity contribution >= 4 is 21.8 Å². The number of hydrogen-bond acceptors (Lipinski definition) is 3. The first-order valence-electron chi connectivity index (χ1n) is 1.72. The molecule has 0 amide bonds. The first-order chi connectivity index (χ1) is 3.18. The molecule has 0 unspecified atom stereocenters. The summed E-state index contributed by atoms with van der Waals surface area (Å²) in [5.74, 6) is -0.181. The molecule has 1 atom stereocenters. The average molecular weight is 168 g/mol. The normalized spacial score (nSPS) is 13.0. The van der Waals surface area contributed by atoms with Gasteiger partial charge in [0.2, 0.25) is 5.90 Å². The van der Waals surface area contributed by atoms with Crippen LogP contribution < -0.4 is 0 Å². The van der Waals surface area contributed by atoms with Gasteiger partial charge in [0, 0.05) is 0 Å². The molecule has 0 radical (unpaired) electrons. The molecule has 0 bridgehead atoms. The fourth-order valence-electron chi connectivity index (χ4n) is 0.0726. The average Bonchev–Trinajstić information content (AvgIpc) is 1.65. The van der Waals surface area contributed by atoms with Crippen molar-refractivity contribution in [2.45, 2.75) is 11.8 Å². The first-order valence-corrected chi connectivity index (χ1v) is 2.64. The van der Waals surface area contributed by atoms with E-state index >= 15 is 0 Å². The van der Waals surface area contributed by atoms with Gasteiger partial charge in [-0.3, -0.25) is 5.41 Å². The van der Waals surface area contributed by atoms with Gasteiger partial charge in [0.05, 0.1) is 4.83 Å². The Bertz CT molecular complexity index is 73.3. The van der Waals surface area contributed by atoms with Crippen molar-refractivity contribution in [3.05, 3.63) is 0 Å². The van der Waals surface area contributed by atoms with E-state index in [0.717, 1.165) is 0 Å². The van der Waals surface area contributed by atoms with Crippen LogP contribution in [0.5, 0.6) is 0 Å². The molecule has 0 aromatic carbocycles. The topological polar surface area (TPSA) is 53.3 Å². The highest BCUT2D eigenvalue weighted by atomic mass is 79.9. The second-order valence-electron chi connectivity index (χ2n) is 1.07. The van der Waals surface area contributed by atoms with Gasteiger partial charge in [-0.2, -0.15) is 0 Å². The summed E-state index contributed by atoms with van der Waals surface area (Å²) in [6, 6.07) is 0. The highest BCUT2D eigenvalue weighted by molar-refractivity contribution is 9.10. The van der Waals surface area contributed by atoms with Gasteiger partial charge in [-0.05, 0) is 6.92 Å². The molecule has 0 heterocycles. The molecule has 2 N–H and O–H groups in total. The second kappa shape index (κ2) is 2.98. The Morgan fingerprint density at radius 3 is 2.43 bits per heavy atom. The number of alkyl halides is 1. The zero-order chi connectivity index (χ0) is 5.86. The van der Waals surface area contributed by atoms with Crippen molar-refractivity contribution in [1.29, 1.82) is 5.41 Å². The fourth-order valence-corrected chi connectivity index (χ4v) is 0.156. The second-order valence-corrected chi connectivity index (χ2v) is 2.45. The lowest BCUT2D eigenvalue weighted by atomic mass is 10.5. The summed E-state index contributed by atoms with van der Waals surface area (Å²) in [5, 5.41) is 14.4. The van der Waals surface area contributed by atoms with E-state index in [4.69, 9.17) is 10.7 Å². The van der Waals surface area contributed by atoms with Crippen LogP contribution in [0, 0.1) is 5.41 Å². The Balaban J connectivity index is 3.35. The number of hydrogen-bond donors (Lipinski definition) is 2. The van der Waals surface area contributed by atoms with Crippen LogP contribution in [0.15, 0.2) is 0 Å². The molecule has 0 saturated carbocycles. The summed E-state index contributed by atoms with van der Waals surface area (Å²) in [7, 11) is 0. The highest BCUT2D eigenvalue weighted by Gasteiger charge is 2.02. The molecule has 0 aromatic heterocycles. The van der Waals surface area contributed by atoms with Crippen LogP contribution in [0.1, 0.15) is 6.92 Å². The number of rotatable bonds is 1. The third kappa shape index (κ3) is 2.59. The van der Waals surface area contributed by atoms with Gasteiger partial charge in [-0.25, -0.2) is 5.26 Å². The molecule has 42 valence electrons. The molecular formula is C3H6BrNO2. The Morgan fingerprint density at radius 1 is 2.00 bits per heavy atom. The third-order valence-electron chi connectivity index (χ3n) is 0.460. The van der Waals surface area contributed by atoms with Gasteiger partial charge in [0.25, 0.3) is 0 Å². The van der Waals surface area contributed by atoms with Crippen LogP contribution in [0.4, 0.5) is 0 Å². The molecule has 0 spiro atoms. The van der Waals surface area contributed by atoms with Crippen LogP contribution >= 0.6 is 15.9 Å². The van der Waals surface area contributed by atoms with E-state index in [-0.39, 0.29) is 10.7 Å². The van der Waals surface area contributed by atoms with Gasteiger partial charge in [0.15, 0.2) is 0 Å². The van der Waals surface area contributed by atoms with Crippen LogP contribution in [0.2, 0.25) is 0 Å². The van der Waals surface area contributed by atoms with Crippen LogP contribution in [0.25, 0.3) is 0 Å². The standard InChI is InChI=1S/C3H6BrNO2/c1-2(4)3(5)7-6/h2,5-6H,1H3/t2-/m0/s1. The lowest BCUT2D eigenvalue weighted by Gasteiger charge is -1.97. The van der Waals surface area contributed by atoms with E-state index in [1.807, 2.05) is 0 Å². The predicted molar refractivity (Wildman–Crippen MR) is 29.8 cm³/mol. The van der Waals surface area contributed by atoms with Crippen LogP contribution in [-0.2, 0) is 4.89 Å². The smallest absolute Gasteiger partial charge is 0.238 e. The maximum absolute atomic E-state index is 7.75. The molecule has 0 fully saturated rings. The van der Waals surface area contributed by atoms with Gasteiger partial charge < -0.3 is 4.89 Å². The molecule has 3 nitrogen and oxygen atoms in total. The highest BCUT2D eigenvalue weighted by Crippen LogP contribution is 1.97. The minimum atomic E-state index is -0.211. The molecule has 7 heavy (non-hydrogen) atoms. The Kier molecular flexibility index (Phi) is 2.95. The Morgan fingerprint density at radius 2 is 2.43 bits per heavy atom. The molecule has 0 aliphatic rings. The lowest BCUT2D eigenvalue weighted by Crippen LogP contribution is -2.09. The predicted octanol–water partition coefficient (Wildman–Crippen LogP) is 1.24. The summed E-state index contributed by atoms with van der Waals surface area (Å²) in [6.07, 6.45) is 0. The van der Waals surface area contributed by atoms with Crippen molar-refractivity contribution < 1.29 is 10.1 Å². The van der Waals surface area contributed by atoms with E-state index in [9.17, 15) is 0 Å². The minimum absolute atomic E-state index is 0.181. The third-order valence-corrected chi connectivity index (χ3v) is 0.875. The minimum Gasteiger partial charge on any atom is -0.324 e. The maximum Gasteiger partial charge on any atom is 0.238 e. The molecular weight excluding hydrogens is 162 g/mol. The summed E-state index contributed by atoms with van der Waals surface area (Å²) in [5.41, 5.74) is 0. The van der Waals surface area contributed by atoms with Crippen molar-refractivity contribution in [2.75, 3.05) is 0 Å². The first kappa shape index (κ1) is 6.91. The Hall–Kier alpha value is -0.0900. The summed E-state index contributed by atoms with van der Waals surface area (Å²) in [4.78, 5) is 3.34. The Labute approximate surface area is 49.9 Å². The van der Waals surface area contributed by atoms with Crippen LogP contribution in [0.3, 0.4) is 0 Å². The fraction of sp³-hybridized carbons (Fsp3) is 0.667. The zero-order valence-electron chi connectivity index (χ0n) is 3.81. The van der Waals surface area contributed by atoms with Gasteiger partial charge in [-0.15, -0.1) is 0 Å². The van der Waals surface area contributed by atoms with E-state index < -0.39 is 0 Å². The monoisotopic (exact) mass is 167 g/mol. The van der Waals surface area contributed by atoms with Gasteiger partial charge in [-0.1, -0.05) is 15.9 Å². The molecule has 4 heteroatoms. The molecule has 0 aliphatic heterocycles. The van der Waals surface area contributed by atoms with E-state index in [1.54, 1.807) is 6.92 Å². The van der Waals surface area contributed by atoms with E-state index in [2.05, 4.69) is 20.8 Å².